The average molecular weight is 340 g/mol. The Bertz CT molecular complexity index is 708. The highest BCUT2D eigenvalue weighted by molar-refractivity contribution is 5.86. The summed E-state index contributed by atoms with van der Waals surface area (Å²) >= 11 is 0. The van der Waals surface area contributed by atoms with Crippen LogP contribution in [0.2, 0.25) is 0 Å². The normalized spacial score (nSPS) is 38.9. The largest absolute Gasteiger partial charge is 0.497 e. The molecule has 1 aromatic carbocycles. The van der Waals surface area contributed by atoms with Gasteiger partial charge in [-0.2, -0.15) is 5.10 Å². The third kappa shape index (κ3) is 2.96. The molecule has 134 valence electrons. The highest BCUT2D eigenvalue weighted by Gasteiger charge is 2.62. The first-order valence-corrected chi connectivity index (χ1v) is 9.32. The van der Waals surface area contributed by atoms with Crippen molar-refractivity contribution in [2.24, 2.45) is 27.3 Å². The molecule has 4 nitrogen and oxygen atoms in total. The van der Waals surface area contributed by atoms with Crippen LogP contribution in [0.3, 0.4) is 0 Å². The summed E-state index contributed by atoms with van der Waals surface area (Å²) in [5.41, 5.74) is 4.23. The van der Waals surface area contributed by atoms with E-state index in [1.54, 1.807) is 13.3 Å². The zero-order valence-corrected chi connectivity index (χ0v) is 15.5. The summed E-state index contributed by atoms with van der Waals surface area (Å²) in [4.78, 5) is 13.0. The summed E-state index contributed by atoms with van der Waals surface area (Å²) in [6, 6.07) is 7.67. The van der Waals surface area contributed by atoms with Gasteiger partial charge in [-0.1, -0.05) is 26.0 Å². The highest BCUT2D eigenvalue weighted by Crippen LogP contribution is 2.69. The number of ether oxygens (including phenoxy) is 1. The second-order valence-electron chi connectivity index (χ2n) is 9.39. The Kier molecular flexibility index (Phi) is 3.71. The van der Waals surface area contributed by atoms with Gasteiger partial charge in [0.15, 0.2) is 0 Å². The lowest BCUT2D eigenvalue weighted by Crippen LogP contribution is -2.59. The zero-order chi connectivity index (χ0) is 17.7. The van der Waals surface area contributed by atoms with E-state index in [1.807, 2.05) is 24.3 Å². The summed E-state index contributed by atoms with van der Waals surface area (Å²) in [5, 5.41) is 4.24. The molecule has 2 unspecified atom stereocenters. The van der Waals surface area contributed by atoms with Crippen LogP contribution in [0, 0.1) is 22.2 Å². The number of methoxy groups -OCH3 is 1. The molecule has 0 spiro atoms. The van der Waals surface area contributed by atoms with Gasteiger partial charge in [-0.05, 0) is 73.0 Å². The molecule has 4 aliphatic carbocycles. The molecule has 1 amide bonds. The quantitative estimate of drug-likeness (QED) is 0.661. The number of benzene rings is 1. The van der Waals surface area contributed by atoms with Gasteiger partial charge >= 0.3 is 0 Å². The second kappa shape index (κ2) is 5.58. The molecule has 4 bridgehead atoms. The molecule has 4 heteroatoms. The van der Waals surface area contributed by atoms with E-state index in [0.717, 1.165) is 30.6 Å². The van der Waals surface area contributed by atoms with Crippen LogP contribution in [0.4, 0.5) is 0 Å². The van der Waals surface area contributed by atoms with Gasteiger partial charge in [0.05, 0.1) is 18.7 Å². The van der Waals surface area contributed by atoms with Gasteiger partial charge in [-0.3, -0.25) is 4.79 Å². The molecule has 0 heterocycles. The molecule has 5 rings (SSSR count). The minimum Gasteiger partial charge on any atom is -0.497 e. The minimum absolute atomic E-state index is 0.119. The van der Waals surface area contributed by atoms with Crippen LogP contribution >= 0.6 is 0 Å². The molecule has 1 N–H and O–H groups in total. The lowest BCUT2D eigenvalue weighted by molar-refractivity contribution is -0.170. The van der Waals surface area contributed by atoms with E-state index >= 15 is 0 Å². The summed E-state index contributed by atoms with van der Waals surface area (Å²) in [6.45, 7) is 4.77. The van der Waals surface area contributed by atoms with Crippen molar-refractivity contribution in [3.63, 3.8) is 0 Å². The van der Waals surface area contributed by atoms with Gasteiger partial charge in [0.25, 0.3) is 0 Å². The van der Waals surface area contributed by atoms with E-state index in [2.05, 4.69) is 24.4 Å². The standard InChI is InChI=1S/C21H28N2O2/c1-19-8-16-9-20(2,12-19)14-21(10-16,13-19)18(24)23-22-11-15-5-4-6-17(7-15)25-3/h4-7,11,16H,8-10,12-14H2,1-3H3,(H,23,24)/b22-11+. The maximum atomic E-state index is 13.0. The SMILES string of the molecule is COc1cccc(/C=N/NC(=O)C23CC4CC(C)(CC(C)(C4)C2)C3)c1. The summed E-state index contributed by atoms with van der Waals surface area (Å²) in [6.07, 6.45) is 8.65. The van der Waals surface area contributed by atoms with Gasteiger partial charge in [0, 0.05) is 0 Å². The Balaban J connectivity index is 1.48. The van der Waals surface area contributed by atoms with Crippen LogP contribution in [0.1, 0.15) is 57.9 Å². The number of rotatable bonds is 4. The van der Waals surface area contributed by atoms with Gasteiger partial charge in [-0.25, -0.2) is 5.43 Å². The molecule has 4 aliphatic rings. The Morgan fingerprint density at radius 1 is 1.20 bits per heavy atom. The summed E-state index contributed by atoms with van der Waals surface area (Å²) < 4.78 is 5.22. The molecular weight excluding hydrogens is 312 g/mol. The van der Waals surface area contributed by atoms with Crippen molar-refractivity contribution in [2.45, 2.75) is 52.4 Å². The number of hydrogen-bond acceptors (Lipinski definition) is 3. The van der Waals surface area contributed by atoms with Crippen molar-refractivity contribution < 1.29 is 9.53 Å². The van der Waals surface area contributed by atoms with E-state index in [-0.39, 0.29) is 11.3 Å². The van der Waals surface area contributed by atoms with E-state index in [9.17, 15) is 4.79 Å². The third-order valence-corrected chi connectivity index (χ3v) is 6.58. The Hall–Kier alpha value is -1.84. The first kappa shape index (κ1) is 16.6. The molecule has 4 saturated carbocycles. The Morgan fingerprint density at radius 2 is 1.92 bits per heavy atom. The first-order valence-electron chi connectivity index (χ1n) is 9.32. The number of amides is 1. The van der Waals surface area contributed by atoms with Crippen LogP contribution in [-0.2, 0) is 4.79 Å². The van der Waals surface area contributed by atoms with Crippen molar-refractivity contribution in [2.75, 3.05) is 7.11 Å². The Morgan fingerprint density at radius 3 is 2.56 bits per heavy atom. The minimum atomic E-state index is -0.214. The molecule has 2 atom stereocenters. The molecule has 25 heavy (non-hydrogen) atoms. The fourth-order valence-electron chi connectivity index (χ4n) is 6.71. The topological polar surface area (TPSA) is 50.7 Å². The third-order valence-electron chi connectivity index (χ3n) is 6.58. The smallest absolute Gasteiger partial charge is 0.246 e. The molecule has 1 aromatic rings. The van der Waals surface area contributed by atoms with Crippen molar-refractivity contribution in [3.05, 3.63) is 29.8 Å². The molecule has 0 saturated heterocycles. The maximum absolute atomic E-state index is 13.0. The number of hydrazone groups is 1. The van der Waals surface area contributed by atoms with Gasteiger partial charge < -0.3 is 4.74 Å². The monoisotopic (exact) mass is 340 g/mol. The number of nitrogens with one attached hydrogen (secondary N) is 1. The predicted octanol–water partition coefficient (Wildman–Crippen LogP) is 4.14. The van der Waals surface area contributed by atoms with E-state index in [1.165, 1.54) is 19.3 Å². The van der Waals surface area contributed by atoms with Gasteiger partial charge in [-0.15, -0.1) is 0 Å². The van der Waals surface area contributed by atoms with E-state index < -0.39 is 0 Å². The molecular formula is C21H28N2O2. The second-order valence-corrected chi connectivity index (χ2v) is 9.39. The fourth-order valence-corrected chi connectivity index (χ4v) is 6.71. The van der Waals surface area contributed by atoms with Crippen molar-refractivity contribution in [1.29, 1.82) is 0 Å². The lowest BCUT2D eigenvalue weighted by atomic mass is 9.40. The zero-order valence-electron chi connectivity index (χ0n) is 15.5. The van der Waals surface area contributed by atoms with Crippen molar-refractivity contribution in [3.8, 4) is 5.75 Å². The summed E-state index contributed by atoms with van der Waals surface area (Å²) in [5.74, 6) is 1.62. The fraction of sp³-hybridized carbons (Fsp3) is 0.619. The highest BCUT2D eigenvalue weighted by atomic mass is 16.5. The molecule has 0 aliphatic heterocycles. The van der Waals surface area contributed by atoms with Crippen molar-refractivity contribution >= 4 is 12.1 Å². The number of carbonyl (C=O) groups is 1. The first-order chi connectivity index (χ1) is 11.8. The van der Waals surface area contributed by atoms with Crippen LogP contribution in [-0.4, -0.2) is 19.2 Å². The average Bonchev–Trinajstić information content (AvgIpc) is 2.51. The van der Waals surface area contributed by atoms with Crippen LogP contribution in [0.5, 0.6) is 5.75 Å². The maximum Gasteiger partial charge on any atom is 0.246 e. The number of hydrogen-bond donors (Lipinski definition) is 1. The predicted molar refractivity (Wildman–Crippen MR) is 98.6 cm³/mol. The van der Waals surface area contributed by atoms with Crippen LogP contribution in [0.15, 0.2) is 29.4 Å². The van der Waals surface area contributed by atoms with E-state index in [4.69, 9.17) is 4.74 Å². The lowest BCUT2D eigenvalue weighted by Gasteiger charge is -2.64. The Labute approximate surface area is 150 Å². The van der Waals surface area contributed by atoms with Crippen LogP contribution < -0.4 is 10.2 Å². The van der Waals surface area contributed by atoms with Crippen molar-refractivity contribution in [1.82, 2.24) is 5.43 Å². The molecule has 4 fully saturated rings. The van der Waals surface area contributed by atoms with Gasteiger partial charge in [0.1, 0.15) is 5.75 Å². The summed E-state index contributed by atoms with van der Waals surface area (Å²) in [7, 11) is 1.65. The van der Waals surface area contributed by atoms with Crippen LogP contribution in [0.25, 0.3) is 0 Å². The van der Waals surface area contributed by atoms with E-state index in [0.29, 0.717) is 16.7 Å². The number of nitrogens with zero attached hydrogens (tertiary/aromatic N) is 1. The molecule has 0 radical (unpaired) electrons. The number of carbonyl (C=O) groups excluding carboxylic acids is 1. The molecule has 0 aromatic heterocycles. The van der Waals surface area contributed by atoms with Gasteiger partial charge in [0.2, 0.25) is 5.91 Å².